The van der Waals surface area contributed by atoms with E-state index in [-0.39, 0.29) is 17.3 Å². The molecule has 0 aliphatic carbocycles. The molecule has 6 nitrogen and oxygen atoms in total. The van der Waals surface area contributed by atoms with Crippen LogP contribution in [0.4, 0.5) is 5.95 Å². The molecule has 122 valence electrons. The van der Waals surface area contributed by atoms with Crippen molar-refractivity contribution in [3.63, 3.8) is 0 Å². The number of aromatic nitrogens is 4. The second-order valence-corrected chi connectivity index (χ2v) is 6.22. The molecule has 0 saturated heterocycles. The van der Waals surface area contributed by atoms with Crippen molar-refractivity contribution in [2.45, 2.75) is 25.7 Å². The number of hydrogen-bond acceptors (Lipinski definition) is 4. The molecule has 2 N–H and O–H groups in total. The minimum absolute atomic E-state index is 0.121. The largest absolute Gasteiger partial charge is 0.293 e. The Labute approximate surface area is 140 Å². The molecule has 0 atom stereocenters. The highest BCUT2D eigenvalue weighted by atomic mass is 16.1. The van der Waals surface area contributed by atoms with Crippen LogP contribution in [-0.2, 0) is 10.2 Å². The predicted octanol–water partition coefficient (Wildman–Crippen LogP) is 3.17. The Hall–Kier alpha value is -3.02. The second-order valence-electron chi connectivity index (χ2n) is 6.22. The molecule has 0 aliphatic heterocycles. The van der Waals surface area contributed by atoms with Crippen LogP contribution in [0.15, 0.2) is 54.9 Å². The number of hydrogen-bond donors (Lipinski definition) is 2. The number of anilines is 1. The minimum Gasteiger partial charge on any atom is -0.293 e. The fourth-order valence-electron chi connectivity index (χ4n) is 2.52. The first-order chi connectivity index (χ1) is 11.5. The molecule has 0 bridgehead atoms. The molecule has 24 heavy (non-hydrogen) atoms. The van der Waals surface area contributed by atoms with Gasteiger partial charge in [0, 0.05) is 24.4 Å². The molecular formula is C18H19N5O. The maximum Gasteiger partial charge on any atom is 0.249 e. The summed E-state index contributed by atoms with van der Waals surface area (Å²) in [5, 5.41) is 9.62. The number of benzene rings is 1. The van der Waals surface area contributed by atoms with E-state index >= 15 is 0 Å². The van der Waals surface area contributed by atoms with E-state index in [0.29, 0.717) is 12.2 Å². The van der Waals surface area contributed by atoms with Gasteiger partial charge >= 0.3 is 0 Å². The lowest BCUT2D eigenvalue weighted by Gasteiger charge is -2.24. The zero-order valence-electron chi connectivity index (χ0n) is 13.7. The lowest BCUT2D eigenvalue weighted by Crippen LogP contribution is -2.26. The SMILES string of the molecule is CC(C)(CC(=O)Nc1n[nH]c(-c2ccncc2)n1)c1ccccc1. The summed E-state index contributed by atoms with van der Waals surface area (Å²) in [5.74, 6) is 0.745. The normalized spacial score (nSPS) is 11.2. The van der Waals surface area contributed by atoms with Gasteiger partial charge in [-0.3, -0.25) is 20.2 Å². The smallest absolute Gasteiger partial charge is 0.249 e. The molecule has 6 heteroatoms. The van der Waals surface area contributed by atoms with Gasteiger partial charge in [-0.15, -0.1) is 5.10 Å². The molecule has 0 aliphatic rings. The Morgan fingerprint density at radius 1 is 1.12 bits per heavy atom. The van der Waals surface area contributed by atoms with Crippen molar-refractivity contribution in [1.29, 1.82) is 0 Å². The fraction of sp³-hybridized carbons (Fsp3) is 0.222. The fourth-order valence-corrected chi connectivity index (χ4v) is 2.52. The number of aromatic amines is 1. The van der Waals surface area contributed by atoms with E-state index in [1.54, 1.807) is 12.4 Å². The summed E-state index contributed by atoms with van der Waals surface area (Å²) in [6.45, 7) is 4.09. The first-order valence-corrected chi connectivity index (χ1v) is 7.73. The van der Waals surface area contributed by atoms with Crippen LogP contribution < -0.4 is 5.32 Å². The van der Waals surface area contributed by atoms with Crippen molar-refractivity contribution in [3.05, 3.63) is 60.4 Å². The van der Waals surface area contributed by atoms with Crippen molar-refractivity contribution in [2.75, 3.05) is 5.32 Å². The number of amides is 1. The molecule has 1 aromatic carbocycles. The molecule has 2 heterocycles. The third-order valence-corrected chi connectivity index (χ3v) is 3.85. The Morgan fingerprint density at radius 2 is 1.83 bits per heavy atom. The Morgan fingerprint density at radius 3 is 2.54 bits per heavy atom. The number of pyridine rings is 1. The molecule has 0 radical (unpaired) electrons. The molecule has 0 unspecified atom stereocenters. The van der Waals surface area contributed by atoms with Crippen molar-refractivity contribution in [2.24, 2.45) is 0 Å². The van der Waals surface area contributed by atoms with E-state index in [0.717, 1.165) is 11.1 Å². The van der Waals surface area contributed by atoms with E-state index in [4.69, 9.17) is 0 Å². The lowest BCUT2D eigenvalue weighted by molar-refractivity contribution is -0.117. The van der Waals surface area contributed by atoms with Gasteiger partial charge in [-0.25, -0.2) is 0 Å². The van der Waals surface area contributed by atoms with Gasteiger partial charge in [0.25, 0.3) is 0 Å². The molecule has 1 amide bonds. The van der Waals surface area contributed by atoms with E-state index in [1.165, 1.54) is 0 Å². The van der Waals surface area contributed by atoms with Crippen molar-refractivity contribution in [1.82, 2.24) is 20.2 Å². The molecule has 2 aromatic heterocycles. The maximum atomic E-state index is 12.3. The van der Waals surface area contributed by atoms with Crippen LogP contribution in [0.3, 0.4) is 0 Å². The summed E-state index contributed by atoms with van der Waals surface area (Å²) in [6.07, 6.45) is 3.70. The highest BCUT2D eigenvalue weighted by Gasteiger charge is 2.24. The Kier molecular flexibility index (Phi) is 4.37. The topological polar surface area (TPSA) is 83.6 Å². The average molecular weight is 321 g/mol. The first kappa shape index (κ1) is 15.9. The van der Waals surface area contributed by atoms with E-state index in [2.05, 4.69) is 25.5 Å². The maximum absolute atomic E-state index is 12.3. The van der Waals surface area contributed by atoms with Gasteiger partial charge in [-0.2, -0.15) is 4.98 Å². The van der Waals surface area contributed by atoms with E-state index in [1.807, 2.05) is 56.3 Å². The summed E-state index contributed by atoms with van der Waals surface area (Å²) in [5.41, 5.74) is 1.71. The number of rotatable bonds is 5. The molecule has 0 saturated carbocycles. The molecular weight excluding hydrogens is 302 g/mol. The van der Waals surface area contributed by atoms with Gasteiger partial charge < -0.3 is 0 Å². The van der Waals surface area contributed by atoms with Crippen LogP contribution in [0, 0.1) is 0 Å². The predicted molar refractivity (Wildman–Crippen MR) is 92.3 cm³/mol. The molecule has 3 rings (SSSR count). The van der Waals surface area contributed by atoms with Crippen LogP contribution in [0.2, 0.25) is 0 Å². The van der Waals surface area contributed by atoms with Gasteiger partial charge in [0.1, 0.15) is 0 Å². The average Bonchev–Trinajstić information content (AvgIpc) is 3.04. The zero-order chi connectivity index (χ0) is 17.0. The lowest BCUT2D eigenvalue weighted by atomic mass is 9.81. The van der Waals surface area contributed by atoms with Crippen LogP contribution in [0.1, 0.15) is 25.8 Å². The van der Waals surface area contributed by atoms with Gasteiger partial charge in [0.2, 0.25) is 11.9 Å². The second kappa shape index (κ2) is 6.62. The van der Waals surface area contributed by atoms with Crippen LogP contribution in [0.25, 0.3) is 11.4 Å². The Bertz CT molecular complexity index is 812. The van der Waals surface area contributed by atoms with Crippen molar-refractivity contribution >= 4 is 11.9 Å². The van der Waals surface area contributed by atoms with Gasteiger partial charge in [-0.05, 0) is 23.1 Å². The Balaban J connectivity index is 1.66. The number of nitrogens with one attached hydrogen (secondary N) is 2. The summed E-state index contributed by atoms with van der Waals surface area (Å²) in [7, 11) is 0. The molecule has 0 spiro atoms. The van der Waals surface area contributed by atoms with Crippen LogP contribution in [0.5, 0.6) is 0 Å². The van der Waals surface area contributed by atoms with Crippen LogP contribution in [-0.4, -0.2) is 26.1 Å². The van der Waals surface area contributed by atoms with Gasteiger partial charge in [0.15, 0.2) is 5.82 Å². The minimum atomic E-state index is -0.268. The summed E-state index contributed by atoms with van der Waals surface area (Å²) in [6, 6.07) is 13.6. The van der Waals surface area contributed by atoms with Gasteiger partial charge in [0.05, 0.1) is 0 Å². The van der Waals surface area contributed by atoms with Crippen molar-refractivity contribution in [3.8, 4) is 11.4 Å². The van der Waals surface area contributed by atoms with Crippen LogP contribution >= 0.6 is 0 Å². The number of carbonyl (C=O) groups is 1. The summed E-state index contributed by atoms with van der Waals surface area (Å²) >= 11 is 0. The third kappa shape index (κ3) is 3.65. The monoisotopic (exact) mass is 321 g/mol. The number of carbonyl (C=O) groups excluding carboxylic acids is 1. The summed E-state index contributed by atoms with van der Waals surface area (Å²) < 4.78 is 0. The molecule has 3 aromatic rings. The summed E-state index contributed by atoms with van der Waals surface area (Å²) in [4.78, 5) is 20.6. The van der Waals surface area contributed by atoms with E-state index < -0.39 is 0 Å². The van der Waals surface area contributed by atoms with E-state index in [9.17, 15) is 4.79 Å². The third-order valence-electron chi connectivity index (χ3n) is 3.85. The standard InChI is InChI=1S/C18H19N5O/c1-18(2,14-6-4-3-5-7-14)12-15(24)20-17-21-16(22-23-17)13-8-10-19-11-9-13/h3-11H,12H2,1-2H3,(H2,20,21,22,23,24). The molecule has 0 fully saturated rings. The van der Waals surface area contributed by atoms with Crippen molar-refractivity contribution < 1.29 is 4.79 Å². The zero-order valence-corrected chi connectivity index (χ0v) is 13.7. The highest BCUT2D eigenvalue weighted by molar-refractivity contribution is 5.90. The van der Waals surface area contributed by atoms with Gasteiger partial charge in [-0.1, -0.05) is 44.2 Å². The first-order valence-electron chi connectivity index (χ1n) is 7.73. The quantitative estimate of drug-likeness (QED) is 0.756. The number of H-pyrrole nitrogens is 1. The number of nitrogens with zero attached hydrogens (tertiary/aromatic N) is 3. The highest BCUT2D eigenvalue weighted by Crippen LogP contribution is 2.27.